The minimum Gasteiger partial charge on any atom is -0.394 e. The van der Waals surface area contributed by atoms with Gasteiger partial charge in [-0.05, 0) is 23.8 Å². The Bertz CT molecular complexity index is 1520. The number of anilines is 3. The molecule has 0 bridgehead atoms. The largest absolute Gasteiger partial charge is 0.455 e. The van der Waals surface area contributed by atoms with E-state index in [0.29, 0.717) is 11.3 Å². The van der Waals surface area contributed by atoms with Crippen molar-refractivity contribution in [2.75, 3.05) is 23.5 Å². The number of halogens is 4. The molecule has 1 atom stereocenters. The lowest BCUT2D eigenvalue weighted by molar-refractivity contribution is -0.146. The summed E-state index contributed by atoms with van der Waals surface area (Å²) < 4.78 is 67.5. The van der Waals surface area contributed by atoms with Crippen molar-refractivity contribution < 1.29 is 31.2 Å². The number of alkyl halides is 3. The molecule has 0 amide bonds. The minimum absolute atomic E-state index is 0.0170. The summed E-state index contributed by atoms with van der Waals surface area (Å²) in [7, 11) is -3.55. The molecule has 0 radical (unpaired) electrons. The first-order chi connectivity index (χ1) is 17.5. The maximum Gasteiger partial charge on any atom is 0.455 e. The summed E-state index contributed by atoms with van der Waals surface area (Å²) in [6.07, 6.45) is -2.64. The van der Waals surface area contributed by atoms with Crippen LogP contribution < -0.4 is 10.6 Å². The highest BCUT2D eigenvalue weighted by atomic mass is 35.5. The van der Waals surface area contributed by atoms with Crippen molar-refractivity contribution in [1.29, 1.82) is 0 Å². The smallest absolute Gasteiger partial charge is 0.394 e. The van der Waals surface area contributed by atoms with E-state index in [9.17, 15) is 26.7 Å². The fourth-order valence-electron chi connectivity index (χ4n) is 3.25. The fourth-order valence-corrected chi connectivity index (χ4v) is 4.58. The summed E-state index contributed by atoms with van der Waals surface area (Å²) in [6, 6.07) is 12.2. The normalized spacial score (nSPS) is 12.8. The molecule has 0 aliphatic heterocycles. The van der Waals surface area contributed by atoms with E-state index in [2.05, 4.69) is 30.7 Å². The average molecular weight is 555 g/mol. The molecule has 2 aromatic heterocycles. The predicted octanol–water partition coefficient (Wildman–Crippen LogP) is 4.49. The first-order valence-corrected chi connectivity index (χ1v) is 12.7. The zero-order chi connectivity index (χ0) is 26.8. The molecule has 10 nitrogen and oxygen atoms in total. The van der Waals surface area contributed by atoms with Crippen LogP contribution in [0, 0.1) is 0 Å². The van der Waals surface area contributed by atoms with E-state index in [4.69, 9.17) is 16.1 Å². The van der Waals surface area contributed by atoms with Gasteiger partial charge in [0.05, 0.1) is 22.6 Å². The van der Waals surface area contributed by atoms with E-state index < -0.39 is 33.8 Å². The van der Waals surface area contributed by atoms with Gasteiger partial charge in [-0.3, -0.25) is 0 Å². The van der Waals surface area contributed by atoms with Crippen LogP contribution in [-0.2, 0) is 16.0 Å². The van der Waals surface area contributed by atoms with Crippen LogP contribution >= 0.6 is 11.6 Å². The Morgan fingerprint density at radius 3 is 2.46 bits per heavy atom. The molecule has 2 heterocycles. The third kappa shape index (κ3) is 6.15. The van der Waals surface area contributed by atoms with E-state index in [1.807, 2.05) is 0 Å². The van der Waals surface area contributed by atoms with Gasteiger partial charge in [-0.2, -0.15) is 23.1 Å². The Labute approximate surface area is 213 Å². The van der Waals surface area contributed by atoms with Gasteiger partial charge in [-0.25, -0.2) is 13.4 Å². The number of nitrogens with one attached hydrogen (secondary N) is 2. The minimum atomic E-state index is -4.83. The van der Waals surface area contributed by atoms with Gasteiger partial charge in [0.15, 0.2) is 9.84 Å². The molecule has 15 heteroatoms. The van der Waals surface area contributed by atoms with Crippen LogP contribution in [0.1, 0.15) is 17.4 Å². The molecule has 194 valence electrons. The first-order valence-electron chi connectivity index (χ1n) is 10.4. The molecule has 0 aliphatic rings. The quantitative estimate of drug-likeness (QED) is 0.285. The topological polar surface area (TPSA) is 143 Å². The van der Waals surface area contributed by atoms with E-state index >= 15 is 0 Å². The molecule has 37 heavy (non-hydrogen) atoms. The Morgan fingerprint density at radius 2 is 1.86 bits per heavy atom. The summed E-state index contributed by atoms with van der Waals surface area (Å²) in [5.74, 6) is -2.00. The molecule has 0 fully saturated rings. The van der Waals surface area contributed by atoms with Crippen LogP contribution in [0.25, 0.3) is 11.5 Å². The maximum atomic E-state index is 13.0. The molecule has 4 aromatic rings. The Balaban J connectivity index is 1.72. The SMILES string of the molecule is CS(=O)(=O)c1ccc(Nc2ncc(-c3nc(C(F)(F)F)no3)c(N[C@H](CO)c3ccccc3)n2)cc1Cl. The molecule has 0 unspecified atom stereocenters. The lowest BCUT2D eigenvalue weighted by Crippen LogP contribution is -2.17. The monoisotopic (exact) mass is 554 g/mol. The Hall–Kier alpha value is -3.75. The predicted molar refractivity (Wildman–Crippen MR) is 128 cm³/mol. The van der Waals surface area contributed by atoms with Crippen LogP contribution in [0.3, 0.4) is 0 Å². The molecule has 0 aliphatic carbocycles. The van der Waals surface area contributed by atoms with E-state index in [1.165, 1.54) is 18.2 Å². The van der Waals surface area contributed by atoms with Gasteiger partial charge in [0, 0.05) is 18.1 Å². The van der Waals surface area contributed by atoms with Crippen LogP contribution in [0.2, 0.25) is 5.02 Å². The summed E-state index contributed by atoms with van der Waals surface area (Å²) in [5.41, 5.74) is 0.970. The molecular formula is C22H18ClF3N6O4S. The molecule has 0 spiro atoms. The van der Waals surface area contributed by atoms with Crippen LogP contribution in [0.4, 0.5) is 30.6 Å². The van der Waals surface area contributed by atoms with E-state index in [-0.39, 0.29) is 33.9 Å². The molecule has 2 aromatic carbocycles. The summed E-state index contributed by atoms with van der Waals surface area (Å²) in [4.78, 5) is 11.7. The Morgan fingerprint density at radius 1 is 1.14 bits per heavy atom. The van der Waals surface area contributed by atoms with Crippen LogP contribution in [0.5, 0.6) is 0 Å². The van der Waals surface area contributed by atoms with E-state index in [0.717, 1.165) is 12.5 Å². The zero-order valence-electron chi connectivity index (χ0n) is 18.9. The van der Waals surface area contributed by atoms with Crippen molar-refractivity contribution in [3.8, 4) is 11.5 Å². The number of sulfone groups is 1. The van der Waals surface area contributed by atoms with Gasteiger partial charge < -0.3 is 20.3 Å². The number of aliphatic hydroxyl groups is 1. The van der Waals surface area contributed by atoms with Crippen LogP contribution in [-0.4, -0.2) is 46.5 Å². The molecular weight excluding hydrogens is 537 g/mol. The average Bonchev–Trinajstić information content (AvgIpc) is 3.33. The van der Waals surface area contributed by atoms with Crippen molar-refractivity contribution in [2.45, 2.75) is 17.1 Å². The summed E-state index contributed by atoms with van der Waals surface area (Å²) >= 11 is 6.09. The fraction of sp³-hybridized carbons (Fsp3) is 0.182. The lowest BCUT2D eigenvalue weighted by Gasteiger charge is -2.19. The van der Waals surface area contributed by atoms with Gasteiger partial charge in [-0.15, -0.1) is 0 Å². The number of rotatable bonds is 8. The highest BCUT2D eigenvalue weighted by Crippen LogP contribution is 2.33. The highest BCUT2D eigenvalue weighted by molar-refractivity contribution is 7.90. The standard InChI is InChI=1S/C22H18ClF3N6O4S/c1-37(34,35)17-8-7-13(9-15(17)23)28-21-27-10-14(19-31-20(32-36-19)22(24,25)26)18(30-21)29-16(11-33)12-5-3-2-4-6-12/h2-10,16,33H,11H2,1H3,(H2,27,28,29,30)/t16-/m1/s1. The number of aromatic nitrogens is 4. The number of hydrogen-bond acceptors (Lipinski definition) is 10. The van der Waals surface area contributed by atoms with Gasteiger partial charge in [-0.1, -0.05) is 47.1 Å². The first kappa shape index (κ1) is 26.3. The third-order valence-electron chi connectivity index (χ3n) is 4.98. The number of nitrogens with zero attached hydrogens (tertiary/aromatic N) is 4. The highest BCUT2D eigenvalue weighted by Gasteiger charge is 2.37. The van der Waals surface area contributed by atoms with Gasteiger partial charge in [0.25, 0.3) is 11.7 Å². The second kappa shape index (κ2) is 10.3. The van der Waals surface area contributed by atoms with Crippen molar-refractivity contribution in [3.05, 3.63) is 71.1 Å². The molecule has 4 rings (SSSR count). The van der Waals surface area contributed by atoms with Gasteiger partial charge >= 0.3 is 6.18 Å². The number of benzene rings is 2. The lowest BCUT2D eigenvalue weighted by atomic mass is 10.1. The maximum absolute atomic E-state index is 13.0. The summed E-state index contributed by atoms with van der Waals surface area (Å²) in [6.45, 7) is -0.379. The second-order valence-electron chi connectivity index (χ2n) is 7.71. The van der Waals surface area contributed by atoms with Crippen molar-refractivity contribution in [2.24, 2.45) is 0 Å². The van der Waals surface area contributed by atoms with E-state index in [1.54, 1.807) is 30.3 Å². The zero-order valence-corrected chi connectivity index (χ0v) is 20.4. The van der Waals surface area contributed by atoms with Gasteiger partial charge in [0.2, 0.25) is 5.95 Å². The van der Waals surface area contributed by atoms with Crippen molar-refractivity contribution in [3.63, 3.8) is 0 Å². The second-order valence-corrected chi connectivity index (χ2v) is 10.1. The molecule has 0 saturated heterocycles. The van der Waals surface area contributed by atoms with Crippen molar-refractivity contribution in [1.82, 2.24) is 20.1 Å². The van der Waals surface area contributed by atoms with Crippen molar-refractivity contribution >= 4 is 38.9 Å². The Kier molecular flexibility index (Phi) is 7.34. The third-order valence-corrected chi connectivity index (χ3v) is 6.56. The summed E-state index contributed by atoms with van der Waals surface area (Å²) in [5, 5.41) is 18.7. The van der Waals surface area contributed by atoms with Crippen LogP contribution in [0.15, 0.2) is 64.1 Å². The van der Waals surface area contributed by atoms with Gasteiger partial charge in [0.1, 0.15) is 11.4 Å². The number of hydrogen-bond donors (Lipinski definition) is 3. The number of aliphatic hydroxyl groups excluding tert-OH is 1. The molecule has 0 saturated carbocycles. The molecule has 3 N–H and O–H groups in total.